The van der Waals surface area contributed by atoms with Gasteiger partial charge in [0.2, 0.25) is 0 Å². The summed E-state index contributed by atoms with van der Waals surface area (Å²) < 4.78 is 1.02. The molecule has 3 aromatic rings. The standard InChI is InChI=1S/C16H12BrClN2/c17-13-6-7-15(18)14(8-13)16(12-9-19-20-10-12)11-4-2-1-3-5-11/h1-10,16H,(H,19,20). The van der Waals surface area contributed by atoms with E-state index in [1.165, 1.54) is 5.56 Å². The van der Waals surface area contributed by atoms with Crippen molar-refractivity contribution in [1.29, 1.82) is 0 Å². The van der Waals surface area contributed by atoms with Gasteiger partial charge in [0.05, 0.1) is 6.20 Å². The minimum atomic E-state index is 0.0694. The van der Waals surface area contributed by atoms with Crippen molar-refractivity contribution in [3.05, 3.63) is 87.1 Å². The predicted molar refractivity (Wildman–Crippen MR) is 85.1 cm³/mol. The zero-order chi connectivity index (χ0) is 13.9. The fourth-order valence-electron chi connectivity index (χ4n) is 2.35. The molecule has 1 N–H and O–H groups in total. The Labute approximate surface area is 130 Å². The van der Waals surface area contributed by atoms with Gasteiger partial charge in [-0.15, -0.1) is 0 Å². The van der Waals surface area contributed by atoms with E-state index in [-0.39, 0.29) is 5.92 Å². The van der Waals surface area contributed by atoms with Crippen molar-refractivity contribution in [2.24, 2.45) is 0 Å². The van der Waals surface area contributed by atoms with E-state index in [1.807, 2.05) is 42.7 Å². The number of nitrogens with zero attached hydrogens (tertiary/aromatic N) is 1. The molecule has 0 bridgehead atoms. The first-order valence-electron chi connectivity index (χ1n) is 6.24. The quantitative estimate of drug-likeness (QED) is 0.709. The summed E-state index contributed by atoms with van der Waals surface area (Å²) in [5, 5.41) is 7.70. The first-order chi connectivity index (χ1) is 9.75. The Bertz CT molecular complexity index is 696. The maximum absolute atomic E-state index is 6.41. The monoisotopic (exact) mass is 346 g/mol. The second-order valence-electron chi connectivity index (χ2n) is 4.54. The Hall–Kier alpha value is -1.58. The van der Waals surface area contributed by atoms with Gasteiger partial charge < -0.3 is 0 Å². The Morgan fingerprint density at radius 3 is 2.55 bits per heavy atom. The fraction of sp³-hybridized carbons (Fsp3) is 0.0625. The molecule has 1 unspecified atom stereocenters. The van der Waals surface area contributed by atoms with Crippen molar-refractivity contribution in [3.63, 3.8) is 0 Å². The lowest BCUT2D eigenvalue weighted by Gasteiger charge is -2.18. The Morgan fingerprint density at radius 1 is 1.05 bits per heavy atom. The average Bonchev–Trinajstić information content (AvgIpc) is 2.98. The van der Waals surface area contributed by atoms with Gasteiger partial charge in [0.1, 0.15) is 0 Å². The highest BCUT2D eigenvalue weighted by Gasteiger charge is 2.20. The summed E-state index contributed by atoms with van der Waals surface area (Å²) in [7, 11) is 0. The van der Waals surface area contributed by atoms with Crippen LogP contribution in [0.4, 0.5) is 0 Å². The summed E-state index contributed by atoms with van der Waals surface area (Å²) in [4.78, 5) is 0. The van der Waals surface area contributed by atoms with Crippen molar-refractivity contribution in [2.75, 3.05) is 0 Å². The van der Waals surface area contributed by atoms with E-state index in [9.17, 15) is 0 Å². The van der Waals surface area contributed by atoms with Gasteiger partial charge in [-0.05, 0) is 29.3 Å². The van der Waals surface area contributed by atoms with Gasteiger partial charge >= 0.3 is 0 Å². The van der Waals surface area contributed by atoms with Gasteiger partial charge in [-0.2, -0.15) is 5.10 Å². The van der Waals surface area contributed by atoms with Crippen molar-refractivity contribution < 1.29 is 0 Å². The predicted octanol–water partition coefficient (Wildman–Crippen LogP) is 5.01. The number of nitrogens with one attached hydrogen (secondary N) is 1. The van der Waals surface area contributed by atoms with Crippen LogP contribution in [0.1, 0.15) is 22.6 Å². The van der Waals surface area contributed by atoms with Gasteiger partial charge in [-0.1, -0.05) is 57.9 Å². The lowest BCUT2D eigenvalue weighted by Crippen LogP contribution is -2.03. The minimum absolute atomic E-state index is 0.0694. The largest absolute Gasteiger partial charge is 0.285 e. The van der Waals surface area contributed by atoms with E-state index >= 15 is 0 Å². The van der Waals surface area contributed by atoms with E-state index in [2.05, 4.69) is 44.3 Å². The SMILES string of the molecule is Clc1ccc(Br)cc1C(c1ccccc1)c1cn[nH]c1. The second-order valence-corrected chi connectivity index (χ2v) is 5.86. The maximum Gasteiger partial charge on any atom is 0.0528 e. The van der Waals surface area contributed by atoms with Crippen LogP contribution in [0, 0.1) is 0 Å². The molecule has 0 spiro atoms. The molecule has 2 nitrogen and oxygen atoms in total. The Kier molecular flexibility index (Phi) is 3.90. The van der Waals surface area contributed by atoms with E-state index in [4.69, 9.17) is 11.6 Å². The van der Waals surface area contributed by atoms with E-state index in [1.54, 1.807) is 0 Å². The van der Waals surface area contributed by atoms with Gasteiger partial charge in [0.25, 0.3) is 0 Å². The van der Waals surface area contributed by atoms with E-state index in [0.717, 1.165) is 20.6 Å². The molecule has 0 amide bonds. The first kappa shape index (κ1) is 13.4. The molecule has 3 rings (SSSR count). The molecule has 1 heterocycles. The third-order valence-electron chi connectivity index (χ3n) is 3.25. The normalized spacial score (nSPS) is 12.3. The second kappa shape index (κ2) is 5.81. The number of aromatic amines is 1. The summed E-state index contributed by atoms with van der Waals surface area (Å²) in [5.41, 5.74) is 3.35. The first-order valence-corrected chi connectivity index (χ1v) is 7.41. The van der Waals surface area contributed by atoms with E-state index in [0.29, 0.717) is 0 Å². The third kappa shape index (κ3) is 2.65. The van der Waals surface area contributed by atoms with Crippen LogP contribution in [0.3, 0.4) is 0 Å². The summed E-state index contributed by atoms with van der Waals surface area (Å²) in [6.45, 7) is 0. The Balaban J connectivity index is 2.18. The van der Waals surface area contributed by atoms with Crippen LogP contribution in [0.2, 0.25) is 5.02 Å². The summed E-state index contributed by atoms with van der Waals surface area (Å²) in [6.07, 6.45) is 3.75. The zero-order valence-electron chi connectivity index (χ0n) is 10.6. The summed E-state index contributed by atoms with van der Waals surface area (Å²) in [6, 6.07) is 16.2. The number of hydrogen-bond acceptors (Lipinski definition) is 1. The highest BCUT2D eigenvalue weighted by molar-refractivity contribution is 9.10. The number of rotatable bonds is 3. The fourth-order valence-corrected chi connectivity index (χ4v) is 2.96. The van der Waals surface area contributed by atoms with Gasteiger partial charge in [-0.25, -0.2) is 0 Å². The van der Waals surface area contributed by atoms with Crippen LogP contribution in [0.5, 0.6) is 0 Å². The number of halogens is 2. The zero-order valence-corrected chi connectivity index (χ0v) is 12.9. The van der Waals surface area contributed by atoms with Crippen molar-refractivity contribution in [1.82, 2.24) is 10.2 Å². The van der Waals surface area contributed by atoms with Crippen molar-refractivity contribution >= 4 is 27.5 Å². The van der Waals surface area contributed by atoms with Crippen LogP contribution < -0.4 is 0 Å². The Morgan fingerprint density at radius 2 is 1.85 bits per heavy atom. The number of H-pyrrole nitrogens is 1. The topological polar surface area (TPSA) is 28.7 Å². The highest BCUT2D eigenvalue weighted by atomic mass is 79.9. The molecule has 0 fully saturated rings. The third-order valence-corrected chi connectivity index (χ3v) is 4.09. The van der Waals surface area contributed by atoms with Crippen LogP contribution in [0.15, 0.2) is 65.4 Å². The van der Waals surface area contributed by atoms with Crippen molar-refractivity contribution in [2.45, 2.75) is 5.92 Å². The summed E-state index contributed by atoms with van der Waals surface area (Å²) in [5.74, 6) is 0.0694. The molecule has 0 aliphatic rings. The lowest BCUT2D eigenvalue weighted by atomic mass is 9.87. The lowest BCUT2D eigenvalue weighted by molar-refractivity contribution is 0.978. The molecule has 20 heavy (non-hydrogen) atoms. The number of hydrogen-bond donors (Lipinski definition) is 1. The summed E-state index contributed by atoms with van der Waals surface area (Å²) >= 11 is 9.92. The molecule has 0 aliphatic carbocycles. The van der Waals surface area contributed by atoms with Crippen molar-refractivity contribution in [3.8, 4) is 0 Å². The molecule has 0 saturated heterocycles. The molecular weight excluding hydrogens is 336 g/mol. The smallest absolute Gasteiger partial charge is 0.0528 e. The molecule has 100 valence electrons. The molecule has 4 heteroatoms. The van der Waals surface area contributed by atoms with Gasteiger partial charge in [0.15, 0.2) is 0 Å². The maximum atomic E-state index is 6.41. The van der Waals surface area contributed by atoms with E-state index < -0.39 is 0 Å². The molecule has 0 saturated carbocycles. The highest BCUT2D eigenvalue weighted by Crippen LogP contribution is 2.36. The number of aromatic nitrogens is 2. The molecule has 0 aliphatic heterocycles. The molecule has 1 atom stereocenters. The van der Waals surface area contributed by atoms with Gasteiger partial charge in [0, 0.05) is 27.2 Å². The molecular formula is C16H12BrClN2. The minimum Gasteiger partial charge on any atom is -0.285 e. The van der Waals surface area contributed by atoms with Crippen LogP contribution in [-0.2, 0) is 0 Å². The van der Waals surface area contributed by atoms with Crippen LogP contribution in [-0.4, -0.2) is 10.2 Å². The van der Waals surface area contributed by atoms with Gasteiger partial charge in [-0.3, -0.25) is 5.10 Å². The molecule has 0 radical (unpaired) electrons. The number of benzene rings is 2. The molecule has 1 aromatic heterocycles. The van der Waals surface area contributed by atoms with Crippen LogP contribution in [0.25, 0.3) is 0 Å². The van der Waals surface area contributed by atoms with Crippen LogP contribution >= 0.6 is 27.5 Å². The molecule has 2 aromatic carbocycles. The average molecular weight is 348 g/mol.